The Kier molecular flexibility index (Phi) is 4.59. The maximum atomic E-state index is 13.2. The fraction of sp³-hybridized carbons (Fsp3) is 0.125. The number of halogens is 1. The molecule has 0 saturated carbocycles. The Morgan fingerprint density at radius 1 is 1.17 bits per heavy atom. The molecule has 1 amide bonds. The van der Waals surface area contributed by atoms with Crippen LogP contribution in [0.3, 0.4) is 0 Å². The van der Waals surface area contributed by atoms with E-state index < -0.39 is 27.3 Å². The molecular weight excluding hydrogens is 351 g/mol. The topological polar surface area (TPSA) is 76.1 Å². The van der Waals surface area contributed by atoms with Gasteiger partial charge in [-0.3, -0.25) is 4.79 Å². The number of nitrogens with zero attached hydrogens (tertiary/aromatic N) is 1. The van der Waals surface area contributed by atoms with Crippen LogP contribution in [0.1, 0.15) is 5.56 Å². The first-order valence-corrected chi connectivity index (χ1v) is 9.65. The van der Waals surface area contributed by atoms with Crippen LogP contribution in [0.2, 0.25) is 0 Å². The van der Waals surface area contributed by atoms with E-state index in [1.54, 1.807) is 30.3 Å². The fourth-order valence-corrected chi connectivity index (χ4v) is 4.37. The summed E-state index contributed by atoms with van der Waals surface area (Å²) < 4.78 is 37.9. The first kappa shape index (κ1) is 16.5. The molecule has 124 valence electrons. The Labute approximate surface area is 142 Å². The van der Waals surface area contributed by atoms with Gasteiger partial charge in [-0.1, -0.05) is 41.7 Å². The van der Waals surface area contributed by atoms with Crippen LogP contribution in [-0.2, 0) is 20.4 Å². The Hall–Kier alpha value is -2.32. The Morgan fingerprint density at radius 3 is 2.67 bits per heavy atom. The minimum Gasteiger partial charge on any atom is -0.301 e. The highest BCUT2D eigenvalue weighted by atomic mass is 32.2. The van der Waals surface area contributed by atoms with Crippen LogP contribution in [0.15, 0.2) is 48.5 Å². The van der Waals surface area contributed by atoms with E-state index >= 15 is 0 Å². The second-order valence-electron chi connectivity index (χ2n) is 5.20. The first-order chi connectivity index (χ1) is 11.4. The highest BCUT2D eigenvalue weighted by Crippen LogP contribution is 2.26. The lowest BCUT2D eigenvalue weighted by atomic mass is 10.2. The minimum absolute atomic E-state index is 0.202. The monoisotopic (exact) mass is 364 g/mol. The normalized spacial score (nSPS) is 11.5. The molecule has 0 saturated heterocycles. The van der Waals surface area contributed by atoms with E-state index in [9.17, 15) is 17.6 Å². The van der Waals surface area contributed by atoms with E-state index in [0.29, 0.717) is 15.8 Å². The molecule has 3 rings (SSSR count). The minimum atomic E-state index is -3.59. The van der Waals surface area contributed by atoms with Gasteiger partial charge in [-0.25, -0.2) is 17.8 Å². The SMILES string of the molecule is O=C(CS(=O)(=O)Cc1ccccc1)Nc1nc2ccc(F)cc2s1. The smallest absolute Gasteiger partial charge is 0.241 e. The van der Waals surface area contributed by atoms with Gasteiger partial charge in [-0.2, -0.15) is 0 Å². The van der Waals surface area contributed by atoms with Crippen molar-refractivity contribution in [2.75, 3.05) is 11.1 Å². The third-order valence-corrected chi connectivity index (χ3v) is 5.59. The third kappa shape index (κ3) is 4.15. The molecular formula is C16H13FN2O3S2. The molecule has 1 N–H and O–H groups in total. The number of hydrogen-bond donors (Lipinski definition) is 1. The molecule has 0 unspecified atom stereocenters. The highest BCUT2D eigenvalue weighted by Gasteiger charge is 2.18. The number of thiazole rings is 1. The van der Waals surface area contributed by atoms with Gasteiger partial charge in [0.05, 0.1) is 16.0 Å². The fourth-order valence-electron chi connectivity index (χ4n) is 2.19. The highest BCUT2D eigenvalue weighted by molar-refractivity contribution is 7.91. The van der Waals surface area contributed by atoms with Gasteiger partial charge >= 0.3 is 0 Å². The number of sulfone groups is 1. The first-order valence-electron chi connectivity index (χ1n) is 7.02. The van der Waals surface area contributed by atoms with Gasteiger partial charge in [0.25, 0.3) is 0 Å². The molecule has 1 heterocycles. The van der Waals surface area contributed by atoms with Crippen LogP contribution in [0.25, 0.3) is 10.2 Å². The van der Waals surface area contributed by atoms with Gasteiger partial charge in [0.2, 0.25) is 5.91 Å². The van der Waals surface area contributed by atoms with Crippen LogP contribution < -0.4 is 5.32 Å². The third-order valence-electron chi connectivity index (χ3n) is 3.18. The molecule has 1 aromatic heterocycles. The predicted molar refractivity (Wildman–Crippen MR) is 92.1 cm³/mol. The zero-order valence-corrected chi connectivity index (χ0v) is 14.0. The van der Waals surface area contributed by atoms with Crippen molar-refractivity contribution in [1.29, 1.82) is 0 Å². The number of anilines is 1. The van der Waals surface area contributed by atoms with Crippen LogP contribution >= 0.6 is 11.3 Å². The second-order valence-corrected chi connectivity index (χ2v) is 8.29. The van der Waals surface area contributed by atoms with Crippen LogP contribution in [0.4, 0.5) is 9.52 Å². The summed E-state index contributed by atoms with van der Waals surface area (Å²) in [6.45, 7) is 0. The maximum Gasteiger partial charge on any atom is 0.241 e. The molecule has 0 aliphatic heterocycles. The molecule has 24 heavy (non-hydrogen) atoms. The molecule has 0 atom stereocenters. The number of fused-ring (bicyclic) bond motifs is 1. The lowest BCUT2D eigenvalue weighted by Crippen LogP contribution is -2.23. The molecule has 5 nitrogen and oxygen atoms in total. The average Bonchev–Trinajstić information content (AvgIpc) is 2.88. The van der Waals surface area contributed by atoms with Gasteiger partial charge in [-0.05, 0) is 23.8 Å². The predicted octanol–water partition coefficient (Wildman–Crippen LogP) is 2.99. The van der Waals surface area contributed by atoms with E-state index in [-0.39, 0.29) is 10.9 Å². The van der Waals surface area contributed by atoms with Crippen LogP contribution in [0.5, 0.6) is 0 Å². The van der Waals surface area contributed by atoms with Crippen molar-refractivity contribution in [3.63, 3.8) is 0 Å². The van der Waals surface area contributed by atoms with E-state index in [0.717, 1.165) is 11.3 Å². The lowest BCUT2D eigenvalue weighted by Gasteiger charge is -2.04. The number of amides is 1. The van der Waals surface area contributed by atoms with Crippen molar-refractivity contribution in [2.24, 2.45) is 0 Å². The van der Waals surface area contributed by atoms with E-state index in [1.165, 1.54) is 18.2 Å². The maximum absolute atomic E-state index is 13.2. The molecule has 2 aromatic carbocycles. The molecule has 8 heteroatoms. The van der Waals surface area contributed by atoms with Crippen molar-refractivity contribution >= 4 is 42.4 Å². The zero-order valence-electron chi connectivity index (χ0n) is 12.4. The Bertz CT molecular complexity index is 985. The quantitative estimate of drug-likeness (QED) is 0.755. The van der Waals surface area contributed by atoms with Gasteiger partial charge < -0.3 is 5.32 Å². The summed E-state index contributed by atoms with van der Waals surface area (Å²) in [4.78, 5) is 16.1. The van der Waals surface area contributed by atoms with Gasteiger partial charge in [0.1, 0.15) is 11.6 Å². The number of rotatable bonds is 5. The number of carbonyl (C=O) groups is 1. The number of benzene rings is 2. The van der Waals surface area contributed by atoms with E-state index in [1.807, 2.05) is 0 Å². The summed E-state index contributed by atoms with van der Waals surface area (Å²) in [5.74, 6) is -1.89. The van der Waals surface area contributed by atoms with E-state index in [4.69, 9.17) is 0 Å². The molecule has 0 radical (unpaired) electrons. The van der Waals surface area contributed by atoms with Crippen molar-refractivity contribution in [3.05, 3.63) is 59.9 Å². The second kappa shape index (κ2) is 6.66. The summed E-state index contributed by atoms with van der Waals surface area (Å²) in [7, 11) is -3.59. The van der Waals surface area contributed by atoms with Crippen molar-refractivity contribution < 1.29 is 17.6 Å². The zero-order chi connectivity index (χ0) is 17.2. The van der Waals surface area contributed by atoms with Crippen LogP contribution in [-0.4, -0.2) is 25.1 Å². The molecule has 0 spiro atoms. The molecule has 0 aliphatic carbocycles. The van der Waals surface area contributed by atoms with E-state index in [2.05, 4.69) is 10.3 Å². The van der Waals surface area contributed by atoms with Gasteiger partial charge in [0, 0.05) is 0 Å². The van der Waals surface area contributed by atoms with Gasteiger partial charge in [-0.15, -0.1) is 0 Å². The van der Waals surface area contributed by atoms with Gasteiger partial charge in [0.15, 0.2) is 15.0 Å². The summed E-state index contributed by atoms with van der Waals surface area (Å²) >= 11 is 1.09. The van der Waals surface area contributed by atoms with Crippen LogP contribution in [0, 0.1) is 5.82 Å². The number of hydrogen-bond acceptors (Lipinski definition) is 5. The lowest BCUT2D eigenvalue weighted by molar-refractivity contribution is -0.113. The molecule has 0 fully saturated rings. The van der Waals surface area contributed by atoms with Crippen molar-refractivity contribution in [3.8, 4) is 0 Å². The summed E-state index contributed by atoms with van der Waals surface area (Å²) in [5.41, 5.74) is 1.17. The Morgan fingerprint density at radius 2 is 1.92 bits per heavy atom. The average molecular weight is 364 g/mol. The number of carbonyl (C=O) groups excluding carboxylic acids is 1. The summed E-state index contributed by atoms with van der Waals surface area (Å²) in [6.07, 6.45) is 0. The summed E-state index contributed by atoms with van der Waals surface area (Å²) in [5, 5.41) is 2.71. The largest absolute Gasteiger partial charge is 0.301 e. The standard InChI is InChI=1S/C16H13FN2O3S2/c17-12-6-7-13-14(8-12)23-16(18-13)19-15(20)10-24(21,22)9-11-4-2-1-3-5-11/h1-8H,9-10H2,(H,18,19,20). The summed E-state index contributed by atoms with van der Waals surface area (Å²) in [6, 6.07) is 12.7. The molecule has 3 aromatic rings. The number of nitrogens with one attached hydrogen (secondary N) is 1. The van der Waals surface area contributed by atoms with Crippen molar-refractivity contribution in [2.45, 2.75) is 5.75 Å². The molecule has 0 bridgehead atoms. The molecule has 0 aliphatic rings. The number of aromatic nitrogens is 1. The Balaban J connectivity index is 1.67. The van der Waals surface area contributed by atoms with Crippen molar-refractivity contribution in [1.82, 2.24) is 4.98 Å².